The largest absolute Gasteiger partial charge is 0.332 e. The highest BCUT2D eigenvalue weighted by Gasteiger charge is 2.17. The molecule has 28 heavy (non-hydrogen) atoms. The van der Waals surface area contributed by atoms with Gasteiger partial charge in [-0.05, 0) is 30.7 Å². The summed E-state index contributed by atoms with van der Waals surface area (Å²) in [6, 6.07) is 4.80. The van der Waals surface area contributed by atoms with Gasteiger partial charge in [0.05, 0.1) is 21.2 Å². The number of hydrogen-bond donors (Lipinski definition) is 1. The van der Waals surface area contributed by atoms with Crippen LogP contribution in [0.2, 0.25) is 10.0 Å². The molecule has 2 heterocycles. The number of hydrogen-bond acceptors (Lipinski definition) is 5. The number of carbonyl (C=O) groups excluding carboxylic acids is 1. The molecular weight excluding hydrogens is 423 g/mol. The molecule has 0 bridgehead atoms. The second kappa shape index (κ2) is 7.98. The van der Waals surface area contributed by atoms with Crippen LogP contribution in [0.5, 0.6) is 0 Å². The Balaban J connectivity index is 1.91. The molecule has 1 amide bonds. The van der Waals surface area contributed by atoms with Crippen LogP contribution in [-0.2, 0) is 18.9 Å². The SMILES string of the molecule is Cc1cnc2c(c1SCC(=O)Nc1ccc(Cl)c(Cl)c1)c(=O)n(C)c(=O)n2C. The number of amides is 1. The second-order valence-corrected chi connectivity index (χ2v) is 7.94. The Bertz CT molecular complexity index is 1220. The van der Waals surface area contributed by atoms with E-state index in [4.69, 9.17) is 23.2 Å². The number of aryl methyl sites for hydroxylation is 2. The van der Waals surface area contributed by atoms with Crippen LogP contribution in [0.1, 0.15) is 5.56 Å². The summed E-state index contributed by atoms with van der Waals surface area (Å²) in [6.45, 7) is 1.80. The Hall–Kier alpha value is -2.29. The lowest BCUT2D eigenvalue weighted by Gasteiger charge is -2.12. The minimum atomic E-state index is -0.456. The molecule has 3 aromatic rings. The van der Waals surface area contributed by atoms with Crippen LogP contribution in [0, 0.1) is 6.92 Å². The van der Waals surface area contributed by atoms with Gasteiger partial charge in [-0.25, -0.2) is 9.78 Å². The average molecular weight is 439 g/mol. The van der Waals surface area contributed by atoms with Crippen molar-refractivity contribution in [2.45, 2.75) is 11.8 Å². The molecule has 0 aliphatic rings. The summed E-state index contributed by atoms with van der Waals surface area (Å²) >= 11 is 13.0. The van der Waals surface area contributed by atoms with Crippen molar-refractivity contribution in [3.8, 4) is 0 Å². The summed E-state index contributed by atoms with van der Waals surface area (Å²) in [6.07, 6.45) is 1.58. The number of benzene rings is 1. The van der Waals surface area contributed by atoms with E-state index in [1.165, 1.54) is 23.4 Å². The molecular formula is C18H16Cl2N4O3S. The lowest BCUT2D eigenvalue weighted by molar-refractivity contribution is -0.113. The van der Waals surface area contributed by atoms with Crippen LogP contribution >= 0.6 is 35.0 Å². The molecule has 0 fully saturated rings. The molecule has 0 saturated carbocycles. The van der Waals surface area contributed by atoms with E-state index in [0.717, 1.165) is 10.1 Å². The molecule has 0 saturated heterocycles. The van der Waals surface area contributed by atoms with E-state index in [1.54, 1.807) is 38.4 Å². The maximum absolute atomic E-state index is 12.6. The second-order valence-electron chi connectivity index (χ2n) is 6.14. The van der Waals surface area contributed by atoms with Crippen molar-refractivity contribution in [1.82, 2.24) is 14.1 Å². The zero-order valence-corrected chi connectivity index (χ0v) is 17.6. The number of anilines is 1. The van der Waals surface area contributed by atoms with Gasteiger partial charge < -0.3 is 5.32 Å². The zero-order chi connectivity index (χ0) is 20.6. The van der Waals surface area contributed by atoms with Crippen LogP contribution in [0.3, 0.4) is 0 Å². The third kappa shape index (κ3) is 3.80. The average Bonchev–Trinajstić information content (AvgIpc) is 2.66. The number of pyridine rings is 1. The van der Waals surface area contributed by atoms with E-state index in [2.05, 4.69) is 10.3 Å². The highest BCUT2D eigenvalue weighted by molar-refractivity contribution is 8.00. The molecule has 0 atom stereocenters. The predicted octanol–water partition coefficient (Wildman–Crippen LogP) is 2.98. The van der Waals surface area contributed by atoms with Crippen molar-refractivity contribution in [2.75, 3.05) is 11.1 Å². The van der Waals surface area contributed by atoms with Gasteiger partial charge in [0, 0.05) is 30.9 Å². The summed E-state index contributed by atoms with van der Waals surface area (Å²) in [5.41, 5.74) is 0.653. The molecule has 0 spiro atoms. The molecule has 0 aliphatic heterocycles. The number of thioether (sulfide) groups is 1. The monoisotopic (exact) mass is 438 g/mol. The van der Waals surface area contributed by atoms with Crippen molar-refractivity contribution in [2.24, 2.45) is 14.1 Å². The smallest absolute Gasteiger partial charge is 0.325 e. The fraction of sp³-hybridized carbons (Fsp3) is 0.222. The number of nitrogens with zero attached hydrogens (tertiary/aromatic N) is 3. The molecule has 0 aliphatic carbocycles. The summed E-state index contributed by atoms with van der Waals surface area (Å²) in [5.74, 6) is -0.207. The molecule has 10 heteroatoms. The Kier molecular flexibility index (Phi) is 5.83. The number of fused-ring (bicyclic) bond motifs is 1. The minimum absolute atomic E-state index is 0.0617. The fourth-order valence-corrected chi connectivity index (χ4v) is 3.94. The van der Waals surface area contributed by atoms with E-state index in [9.17, 15) is 14.4 Å². The van der Waals surface area contributed by atoms with Gasteiger partial charge in [-0.2, -0.15) is 0 Å². The Morgan fingerprint density at radius 3 is 2.57 bits per heavy atom. The standard InChI is InChI=1S/C18H16Cl2N4O3S/c1-9-7-21-16-14(17(26)24(3)18(27)23(16)2)15(9)28-8-13(25)22-10-4-5-11(19)12(20)6-10/h4-7H,8H2,1-3H3,(H,22,25). The third-order valence-corrected chi connectivity index (χ3v) is 6.11. The van der Waals surface area contributed by atoms with E-state index < -0.39 is 11.2 Å². The summed E-state index contributed by atoms with van der Waals surface area (Å²) in [5, 5.41) is 3.79. The third-order valence-electron chi connectivity index (χ3n) is 4.15. The van der Waals surface area contributed by atoms with E-state index in [-0.39, 0.29) is 17.3 Å². The predicted molar refractivity (Wildman–Crippen MR) is 113 cm³/mol. The van der Waals surface area contributed by atoms with Gasteiger partial charge in [0.2, 0.25) is 5.91 Å². The number of halogens is 2. The molecule has 0 radical (unpaired) electrons. The fourth-order valence-electron chi connectivity index (χ4n) is 2.69. The van der Waals surface area contributed by atoms with Crippen LogP contribution in [-0.4, -0.2) is 25.8 Å². The quantitative estimate of drug-likeness (QED) is 0.632. The Morgan fingerprint density at radius 2 is 1.89 bits per heavy atom. The van der Waals surface area contributed by atoms with E-state index in [0.29, 0.717) is 26.0 Å². The van der Waals surface area contributed by atoms with Crippen molar-refractivity contribution >= 4 is 57.6 Å². The number of aromatic nitrogens is 3. The number of rotatable bonds is 4. The molecule has 7 nitrogen and oxygen atoms in total. The first-order valence-electron chi connectivity index (χ1n) is 8.13. The summed E-state index contributed by atoms with van der Waals surface area (Å²) < 4.78 is 2.35. The van der Waals surface area contributed by atoms with Gasteiger partial charge in [0.1, 0.15) is 5.65 Å². The Morgan fingerprint density at radius 1 is 1.18 bits per heavy atom. The van der Waals surface area contributed by atoms with E-state index in [1.807, 2.05) is 0 Å². The molecule has 2 aromatic heterocycles. The minimum Gasteiger partial charge on any atom is -0.325 e. The molecule has 146 valence electrons. The number of nitrogens with one attached hydrogen (secondary N) is 1. The van der Waals surface area contributed by atoms with Gasteiger partial charge >= 0.3 is 5.69 Å². The first kappa shape index (κ1) is 20.4. The normalized spacial score (nSPS) is 11.0. The molecule has 1 aromatic carbocycles. The maximum atomic E-state index is 12.6. The van der Waals surface area contributed by atoms with Crippen molar-refractivity contribution < 1.29 is 4.79 Å². The maximum Gasteiger partial charge on any atom is 0.332 e. The first-order chi connectivity index (χ1) is 13.2. The van der Waals surface area contributed by atoms with Crippen molar-refractivity contribution in [1.29, 1.82) is 0 Å². The lowest BCUT2D eigenvalue weighted by atomic mass is 10.2. The van der Waals surface area contributed by atoms with Crippen molar-refractivity contribution in [3.05, 3.63) is 60.8 Å². The van der Waals surface area contributed by atoms with Gasteiger partial charge in [-0.15, -0.1) is 11.8 Å². The van der Waals surface area contributed by atoms with Gasteiger partial charge in [0.25, 0.3) is 5.56 Å². The van der Waals surface area contributed by atoms with Crippen LogP contribution in [0.25, 0.3) is 11.0 Å². The van der Waals surface area contributed by atoms with Gasteiger partial charge in [-0.1, -0.05) is 23.2 Å². The molecule has 0 unspecified atom stereocenters. The topological polar surface area (TPSA) is 86.0 Å². The first-order valence-corrected chi connectivity index (χ1v) is 9.88. The summed E-state index contributed by atoms with van der Waals surface area (Å²) in [4.78, 5) is 41.9. The molecule has 1 N–H and O–H groups in total. The number of carbonyl (C=O) groups is 1. The zero-order valence-electron chi connectivity index (χ0n) is 15.2. The van der Waals surface area contributed by atoms with E-state index >= 15 is 0 Å². The highest BCUT2D eigenvalue weighted by atomic mass is 35.5. The van der Waals surface area contributed by atoms with Crippen LogP contribution in [0.4, 0.5) is 5.69 Å². The van der Waals surface area contributed by atoms with Crippen molar-refractivity contribution in [3.63, 3.8) is 0 Å². The van der Waals surface area contributed by atoms with Gasteiger partial charge in [-0.3, -0.25) is 18.7 Å². The molecule has 3 rings (SSSR count). The van der Waals surface area contributed by atoms with Crippen LogP contribution < -0.4 is 16.6 Å². The lowest BCUT2D eigenvalue weighted by Crippen LogP contribution is -2.37. The van der Waals surface area contributed by atoms with Gasteiger partial charge in [0.15, 0.2) is 0 Å². The van der Waals surface area contributed by atoms with Crippen LogP contribution in [0.15, 0.2) is 38.9 Å². The highest BCUT2D eigenvalue weighted by Crippen LogP contribution is 2.28. The Labute approximate surface area is 174 Å². The summed E-state index contributed by atoms with van der Waals surface area (Å²) in [7, 11) is 2.97.